The summed E-state index contributed by atoms with van der Waals surface area (Å²) in [5.41, 5.74) is 1.30. The van der Waals surface area contributed by atoms with Crippen molar-refractivity contribution in [3.8, 4) is 0 Å². The van der Waals surface area contributed by atoms with E-state index >= 15 is 0 Å². The maximum Gasteiger partial charge on any atom is 0.335 e. The van der Waals surface area contributed by atoms with Crippen LogP contribution in [0.4, 0.5) is 11.5 Å². The van der Waals surface area contributed by atoms with E-state index in [0.717, 1.165) is 0 Å². The molecule has 21 heavy (non-hydrogen) atoms. The predicted octanol–water partition coefficient (Wildman–Crippen LogP) is 2.23. The van der Waals surface area contributed by atoms with Crippen molar-refractivity contribution in [2.45, 2.75) is 0 Å². The van der Waals surface area contributed by atoms with Crippen molar-refractivity contribution < 1.29 is 14.7 Å². The van der Waals surface area contributed by atoms with Crippen LogP contribution in [0.15, 0.2) is 42.6 Å². The van der Waals surface area contributed by atoms with Gasteiger partial charge in [0.2, 0.25) is 0 Å². The zero-order valence-electron chi connectivity index (χ0n) is 11.7. The van der Waals surface area contributed by atoms with Crippen molar-refractivity contribution in [1.82, 2.24) is 9.88 Å². The third-order valence-corrected chi connectivity index (χ3v) is 2.80. The highest BCUT2D eigenvalue weighted by atomic mass is 16.4. The summed E-state index contributed by atoms with van der Waals surface area (Å²) in [5, 5.41) is 11.9. The Morgan fingerprint density at radius 2 is 1.90 bits per heavy atom. The minimum Gasteiger partial charge on any atom is -0.478 e. The molecule has 6 nitrogen and oxygen atoms in total. The van der Waals surface area contributed by atoms with Crippen LogP contribution in [0, 0.1) is 0 Å². The van der Waals surface area contributed by atoms with Gasteiger partial charge < -0.3 is 15.3 Å². The summed E-state index contributed by atoms with van der Waals surface area (Å²) in [6.45, 7) is 0. The van der Waals surface area contributed by atoms with Crippen LogP contribution >= 0.6 is 0 Å². The molecule has 2 rings (SSSR count). The number of carboxylic acids is 1. The number of carbonyl (C=O) groups excluding carboxylic acids is 1. The molecule has 0 aliphatic heterocycles. The number of hydrogen-bond acceptors (Lipinski definition) is 4. The van der Waals surface area contributed by atoms with E-state index < -0.39 is 5.97 Å². The number of hydrogen-bond donors (Lipinski definition) is 2. The summed E-state index contributed by atoms with van der Waals surface area (Å²) >= 11 is 0. The molecule has 0 aliphatic rings. The smallest absolute Gasteiger partial charge is 0.335 e. The van der Waals surface area contributed by atoms with Gasteiger partial charge in [-0.25, -0.2) is 9.78 Å². The van der Waals surface area contributed by atoms with E-state index in [2.05, 4.69) is 10.3 Å². The van der Waals surface area contributed by atoms with E-state index in [1.807, 2.05) is 0 Å². The number of amides is 1. The summed E-state index contributed by atoms with van der Waals surface area (Å²) in [5.74, 6) is -0.576. The Morgan fingerprint density at radius 3 is 2.48 bits per heavy atom. The highest BCUT2D eigenvalue weighted by Gasteiger charge is 2.08. The van der Waals surface area contributed by atoms with E-state index in [4.69, 9.17) is 5.11 Å². The lowest BCUT2D eigenvalue weighted by Gasteiger charge is -2.11. The van der Waals surface area contributed by atoms with Crippen molar-refractivity contribution in [3.05, 3.63) is 53.7 Å². The van der Waals surface area contributed by atoms with Gasteiger partial charge in [-0.1, -0.05) is 6.07 Å². The summed E-state index contributed by atoms with van der Waals surface area (Å²) in [4.78, 5) is 28.3. The van der Waals surface area contributed by atoms with Gasteiger partial charge in [0.1, 0.15) is 5.82 Å². The monoisotopic (exact) mass is 285 g/mol. The summed E-state index contributed by atoms with van der Waals surface area (Å²) < 4.78 is 0. The van der Waals surface area contributed by atoms with Crippen molar-refractivity contribution in [3.63, 3.8) is 0 Å². The van der Waals surface area contributed by atoms with Gasteiger partial charge in [-0.2, -0.15) is 0 Å². The minimum absolute atomic E-state index is 0.123. The molecular weight excluding hydrogens is 270 g/mol. The zero-order valence-corrected chi connectivity index (χ0v) is 11.7. The van der Waals surface area contributed by atoms with Crippen LogP contribution < -0.4 is 5.32 Å². The third kappa shape index (κ3) is 3.56. The predicted molar refractivity (Wildman–Crippen MR) is 78.9 cm³/mol. The maximum absolute atomic E-state index is 11.7. The average molecular weight is 285 g/mol. The molecule has 0 aliphatic carbocycles. The molecule has 2 N–H and O–H groups in total. The van der Waals surface area contributed by atoms with Gasteiger partial charge in [-0.15, -0.1) is 0 Å². The van der Waals surface area contributed by atoms with Crippen molar-refractivity contribution in [2.24, 2.45) is 0 Å². The van der Waals surface area contributed by atoms with Crippen molar-refractivity contribution >= 4 is 23.4 Å². The van der Waals surface area contributed by atoms with E-state index in [-0.39, 0.29) is 11.5 Å². The van der Waals surface area contributed by atoms with Gasteiger partial charge >= 0.3 is 5.97 Å². The lowest BCUT2D eigenvalue weighted by atomic mass is 10.2. The van der Waals surface area contributed by atoms with Crippen LogP contribution in [-0.2, 0) is 0 Å². The third-order valence-electron chi connectivity index (χ3n) is 2.80. The lowest BCUT2D eigenvalue weighted by Crippen LogP contribution is -2.21. The minimum atomic E-state index is -0.987. The molecule has 0 atom stereocenters. The fraction of sp³-hybridized carbons (Fsp3) is 0.133. The van der Waals surface area contributed by atoms with Gasteiger partial charge in [-0.05, 0) is 30.3 Å². The van der Waals surface area contributed by atoms with E-state index in [1.54, 1.807) is 38.4 Å². The highest BCUT2D eigenvalue weighted by molar-refractivity contribution is 5.93. The van der Waals surface area contributed by atoms with Crippen LogP contribution in [0.2, 0.25) is 0 Å². The SMILES string of the molecule is CN(C)C(=O)c1ccc(Nc2cccc(C(=O)O)c2)nc1. The number of rotatable bonds is 4. The van der Waals surface area contributed by atoms with Crippen molar-refractivity contribution in [1.29, 1.82) is 0 Å². The summed E-state index contributed by atoms with van der Waals surface area (Å²) in [6, 6.07) is 9.76. The first kappa shape index (κ1) is 14.5. The number of anilines is 2. The Kier molecular flexibility index (Phi) is 4.18. The first-order valence-electron chi connectivity index (χ1n) is 6.25. The lowest BCUT2D eigenvalue weighted by molar-refractivity contribution is 0.0696. The topological polar surface area (TPSA) is 82.5 Å². The van der Waals surface area contributed by atoms with Gasteiger partial charge in [-0.3, -0.25) is 4.79 Å². The first-order chi connectivity index (χ1) is 9.97. The molecule has 1 aromatic heterocycles. The molecule has 2 aromatic rings. The molecule has 0 radical (unpaired) electrons. The largest absolute Gasteiger partial charge is 0.478 e. The van der Waals surface area contributed by atoms with Gasteiger partial charge in [0.15, 0.2) is 0 Å². The van der Waals surface area contributed by atoms with Crippen LogP contribution in [0.1, 0.15) is 20.7 Å². The second kappa shape index (κ2) is 6.04. The number of carboxylic acid groups (broad SMARTS) is 1. The highest BCUT2D eigenvalue weighted by Crippen LogP contribution is 2.16. The van der Waals surface area contributed by atoms with Crippen LogP contribution in [0.3, 0.4) is 0 Å². The molecule has 1 heterocycles. The number of nitrogens with one attached hydrogen (secondary N) is 1. The Hall–Kier alpha value is -2.89. The summed E-state index contributed by atoms with van der Waals surface area (Å²) in [6.07, 6.45) is 1.48. The Labute approximate surface area is 122 Å². The number of nitrogens with zero attached hydrogens (tertiary/aromatic N) is 2. The molecular formula is C15H15N3O3. The molecule has 1 aromatic carbocycles. The van der Waals surface area contributed by atoms with Gasteiger partial charge in [0.25, 0.3) is 5.91 Å². The number of pyridine rings is 1. The van der Waals surface area contributed by atoms with Crippen LogP contribution in [-0.4, -0.2) is 41.0 Å². The second-order valence-electron chi connectivity index (χ2n) is 4.64. The first-order valence-corrected chi connectivity index (χ1v) is 6.25. The van der Waals surface area contributed by atoms with Crippen LogP contribution in [0.25, 0.3) is 0 Å². The summed E-state index contributed by atoms with van der Waals surface area (Å²) in [7, 11) is 3.35. The molecule has 108 valence electrons. The number of carbonyl (C=O) groups is 2. The maximum atomic E-state index is 11.7. The zero-order chi connectivity index (χ0) is 15.4. The molecule has 1 amide bonds. The molecule has 0 spiro atoms. The Bertz CT molecular complexity index is 666. The molecule has 0 saturated heterocycles. The fourth-order valence-corrected chi connectivity index (χ4v) is 1.73. The normalized spacial score (nSPS) is 10.0. The number of aromatic carboxylic acids is 1. The van der Waals surface area contributed by atoms with E-state index in [1.165, 1.54) is 23.2 Å². The number of aromatic nitrogens is 1. The fourth-order valence-electron chi connectivity index (χ4n) is 1.73. The molecule has 0 unspecified atom stereocenters. The Morgan fingerprint density at radius 1 is 1.14 bits per heavy atom. The number of benzene rings is 1. The molecule has 0 saturated carbocycles. The average Bonchev–Trinajstić information content (AvgIpc) is 2.47. The van der Waals surface area contributed by atoms with Crippen molar-refractivity contribution in [2.75, 3.05) is 19.4 Å². The Balaban J connectivity index is 2.15. The van der Waals surface area contributed by atoms with Gasteiger partial charge in [0.05, 0.1) is 11.1 Å². The standard InChI is InChI=1S/C15H15N3O3/c1-18(2)14(19)11-6-7-13(16-9-11)17-12-5-3-4-10(8-12)15(20)21/h3-9H,1-2H3,(H,16,17)(H,20,21). The van der Waals surface area contributed by atoms with E-state index in [0.29, 0.717) is 17.1 Å². The molecule has 0 fully saturated rings. The van der Waals surface area contributed by atoms with E-state index in [9.17, 15) is 9.59 Å². The van der Waals surface area contributed by atoms with Crippen LogP contribution in [0.5, 0.6) is 0 Å². The molecule has 0 bridgehead atoms. The van der Waals surface area contributed by atoms with Gasteiger partial charge in [0, 0.05) is 26.0 Å². The second-order valence-corrected chi connectivity index (χ2v) is 4.64. The quantitative estimate of drug-likeness (QED) is 0.900. The molecule has 6 heteroatoms.